The van der Waals surface area contributed by atoms with E-state index in [0.29, 0.717) is 0 Å². The van der Waals surface area contributed by atoms with Gasteiger partial charge < -0.3 is 14.5 Å². The standard InChI is InChI=1S/C43H27NO2/c1-2-12-27(13-3-1)28-24-37-42(38(25-28)44-29-22-23-40-33(26-29)32-16-6-10-20-39(32)45-40)46-41-21-11-9-19-36(41)43(37)34-17-7-4-14-30(34)31-15-5-8-18-35(31)43/h1-26,44H. The predicted octanol–water partition coefficient (Wildman–Crippen LogP) is 11.5. The number of hydrogen-bond acceptors (Lipinski definition) is 3. The summed E-state index contributed by atoms with van der Waals surface area (Å²) >= 11 is 0. The lowest BCUT2D eigenvalue weighted by molar-refractivity contribution is 0.438. The molecule has 1 aliphatic heterocycles. The van der Waals surface area contributed by atoms with Crippen LogP contribution in [0.2, 0.25) is 0 Å². The topological polar surface area (TPSA) is 34.4 Å². The van der Waals surface area contributed by atoms with E-state index in [1.807, 2.05) is 18.2 Å². The van der Waals surface area contributed by atoms with E-state index in [2.05, 4.69) is 145 Å². The maximum absolute atomic E-state index is 6.95. The predicted molar refractivity (Wildman–Crippen MR) is 186 cm³/mol. The maximum Gasteiger partial charge on any atom is 0.155 e. The molecule has 10 rings (SSSR count). The molecule has 3 nitrogen and oxygen atoms in total. The zero-order valence-corrected chi connectivity index (χ0v) is 24.8. The van der Waals surface area contributed by atoms with Gasteiger partial charge in [-0.25, -0.2) is 0 Å². The van der Waals surface area contributed by atoms with E-state index < -0.39 is 5.41 Å². The smallest absolute Gasteiger partial charge is 0.155 e. The Kier molecular flexibility index (Phi) is 5.20. The molecule has 2 heterocycles. The largest absolute Gasteiger partial charge is 0.456 e. The molecule has 1 spiro atoms. The summed E-state index contributed by atoms with van der Waals surface area (Å²) in [6.45, 7) is 0. The van der Waals surface area contributed by atoms with Gasteiger partial charge in [-0.05, 0) is 75.8 Å². The molecular formula is C43H27NO2. The van der Waals surface area contributed by atoms with Crippen LogP contribution in [-0.2, 0) is 5.41 Å². The van der Waals surface area contributed by atoms with Crippen LogP contribution in [-0.4, -0.2) is 0 Å². The Labute approximate surface area is 266 Å². The number of hydrogen-bond donors (Lipinski definition) is 1. The third kappa shape index (κ3) is 3.43. The number of para-hydroxylation sites is 2. The molecule has 1 N–H and O–H groups in total. The van der Waals surface area contributed by atoms with Crippen LogP contribution in [0.25, 0.3) is 44.2 Å². The first-order valence-corrected chi connectivity index (χ1v) is 15.7. The third-order valence-electron chi connectivity index (χ3n) is 9.71. The lowest BCUT2D eigenvalue weighted by Crippen LogP contribution is -2.32. The van der Waals surface area contributed by atoms with Gasteiger partial charge >= 0.3 is 0 Å². The molecule has 7 aromatic carbocycles. The highest BCUT2D eigenvalue weighted by atomic mass is 16.5. The second-order valence-corrected chi connectivity index (χ2v) is 12.1. The van der Waals surface area contributed by atoms with E-state index in [-0.39, 0.29) is 0 Å². The molecule has 216 valence electrons. The maximum atomic E-state index is 6.95. The molecule has 46 heavy (non-hydrogen) atoms. The number of anilines is 2. The van der Waals surface area contributed by atoms with Crippen molar-refractivity contribution >= 4 is 33.3 Å². The molecule has 0 bridgehead atoms. The average Bonchev–Trinajstić information content (AvgIpc) is 3.63. The van der Waals surface area contributed by atoms with Gasteiger partial charge in [-0.1, -0.05) is 115 Å². The first kappa shape index (κ1) is 25.3. The van der Waals surface area contributed by atoms with E-state index >= 15 is 0 Å². The summed E-state index contributed by atoms with van der Waals surface area (Å²) < 4.78 is 13.1. The van der Waals surface area contributed by atoms with Crippen molar-refractivity contribution in [3.05, 3.63) is 180 Å². The van der Waals surface area contributed by atoms with Crippen LogP contribution >= 0.6 is 0 Å². The van der Waals surface area contributed by atoms with Crippen LogP contribution in [0.15, 0.2) is 162 Å². The SMILES string of the molecule is c1ccc(-c2cc(Nc3ccc4oc5ccccc5c4c3)c3c(c2)C2(c4ccccc4O3)c3ccccc3-c3ccccc32)cc1. The Morgan fingerprint density at radius 1 is 0.457 bits per heavy atom. The molecule has 1 aliphatic carbocycles. The van der Waals surface area contributed by atoms with E-state index in [0.717, 1.165) is 67.1 Å². The van der Waals surface area contributed by atoms with E-state index in [9.17, 15) is 0 Å². The van der Waals surface area contributed by atoms with Crippen molar-refractivity contribution in [2.45, 2.75) is 5.41 Å². The zero-order chi connectivity index (χ0) is 30.2. The molecule has 0 saturated heterocycles. The van der Waals surface area contributed by atoms with E-state index in [1.54, 1.807) is 0 Å². The lowest BCUT2D eigenvalue weighted by atomic mass is 9.65. The van der Waals surface area contributed by atoms with Crippen molar-refractivity contribution in [1.29, 1.82) is 0 Å². The van der Waals surface area contributed by atoms with Crippen LogP contribution in [0.3, 0.4) is 0 Å². The minimum atomic E-state index is -0.552. The molecule has 1 aromatic heterocycles. The summed E-state index contributed by atoms with van der Waals surface area (Å²) in [6, 6.07) is 55.9. The van der Waals surface area contributed by atoms with Gasteiger partial charge in [0, 0.05) is 27.6 Å². The fourth-order valence-electron chi connectivity index (χ4n) is 7.80. The van der Waals surface area contributed by atoms with E-state index in [4.69, 9.17) is 9.15 Å². The highest BCUT2D eigenvalue weighted by molar-refractivity contribution is 6.06. The summed E-state index contributed by atoms with van der Waals surface area (Å²) in [7, 11) is 0. The van der Waals surface area contributed by atoms with Crippen molar-refractivity contribution in [3.8, 4) is 33.8 Å². The highest BCUT2D eigenvalue weighted by Crippen LogP contribution is 2.63. The summed E-state index contributed by atoms with van der Waals surface area (Å²) in [5.41, 5.74) is 12.7. The minimum Gasteiger partial charge on any atom is -0.456 e. The van der Waals surface area contributed by atoms with E-state index in [1.165, 1.54) is 22.3 Å². The Morgan fingerprint density at radius 3 is 1.91 bits per heavy atom. The molecule has 0 unspecified atom stereocenters. The second kappa shape index (κ2) is 9.47. The van der Waals surface area contributed by atoms with Crippen molar-refractivity contribution < 1.29 is 9.15 Å². The van der Waals surface area contributed by atoms with Gasteiger partial charge in [0.1, 0.15) is 16.9 Å². The number of furan rings is 1. The summed E-state index contributed by atoms with van der Waals surface area (Å²) in [4.78, 5) is 0. The molecule has 0 saturated carbocycles. The Morgan fingerprint density at radius 2 is 1.11 bits per heavy atom. The first-order chi connectivity index (χ1) is 22.8. The average molecular weight is 590 g/mol. The second-order valence-electron chi connectivity index (χ2n) is 12.1. The molecule has 0 fully saturated rings. The molecular weight excluding hydrogens is 562 g/mol. The van der Waals surface area contributed by atoms with Crippen LogP contribution in [0.5, 0.6) is 11.5 Å². The monoisotopic (exact) mass is 589 g/mol. The molecule has 2 aliphatic rings. The lowest BCUT2D eigenvalue weighted by Gasteiger charge is -2.40. The summed E-state index contributed by atoms with van der Waals surface area (Å²) in [6.07, 6.45) is 0. The Bertz CT molecular complexity index is 2440. The van der Waals surface area contributed by atoms with Gasteiger partial charge in [0.2, 0.25) is 0 Å². The summed E-state index contributed by atoms with van der Waals surface area (Å²) in [5.74, 6) is 1.70. The fraction of sp³-hybridized carbons (Fsp3) is 0.0233. The molecule has 0 atom stereocenters. The van der Waals surface area contributed by atoms with Crippen LogP contribution in [0.4, 0.5) is 11.4 Å². The van der Waals surface area contributed by atoms with Gasteiger partial charge in [-0.15, -0.1) is 0 Å². The normalized spacial score (nSPS) is 13.6. The van der Waals surface area contributed by atoms with Gasteiger partial charge in [0.15, 0.2) is 5.75 Å². The van der Waals surface area contributed by atoms with Crippen molar-refractivity contribution in [1.82, 2.24) is 0 Å². The van der Waals surface area contributed by atoms with Gasteiger partial charge in [-0.3, -0.25) is 0 Å². The first-order valence-electron chi connectivity index (χ1n) is 15.7. The van der Waals surface area contributed by atoms with Crippen molar-refractivity contribution in [2.75, 3.05) is 5.32 Å². The Balaban J connectivity index is 1.28. The van der Waals surface area contributed by atoms with Crippen LogP contribution < -0.4 is 10.1 Å². The van der Waals surface area contributed by atoms with Gasteiger partial charge in [0.25, 0.3) is 0 Å². The van der Waals surface area contributed by atoms with Gasteiger partial charge in [0.05, 0.1) is 11.1 Å². The molecule has 8 aromatic rings. The van der Waals surface area contributed by atoms with Gasteiger partial charge in [-0.2, -0.15) is 0 Å². The van der Waals surface area contributed by atoms with Crippen LogP contribution in [0.1, 0.15) is 22.3 Å². The number of nitrogens with one attached hydrogen (secondary N) is 1. The van der Waals surface area contributed by atoms with Crippen LogP contribution in [0, 0.1) is 0 Å². The number of ether oxygens (including phenoxy) is 1. The minimum absolute atomic E-state index is 0.552. The molecule has 3 heteroatoms. The number of benzene rings is 7. The number of rotatable bonds is 3. The molecule has 0 radical (unpaired) electrons. The zero-order valence-electron chi connectivity index (χ0n) is 24.8. The van der Waals surface area contributed by atoms with Crippen molar-refractivity contribution in [2.24, 2.45) is 0 Å². The fourth-order valence-corrected chi connectivity index (χ4v) is 7.80. The quantitative estimate of drug-likeness (QED) is 0.223. The number of fused-ring (bicyclic) bond motifs is 12. The highest BCUT2D eigenvalue weighted by Gasteiger charge is 2.51. The van der Waals surface area contributed by atoms with Crippen molar-refractivity contribution in [3.63, 3.8) is 0 Å². The summed E-state index contributed by atoms with van der Waals surface area (Å²) in [5, 5.41) is 5.99. The third-order valence-corrected chi connectivity index (χ3v) is 9.71. The Hall–Kier alpha value is -6.06. The molecule has 0 amide bonds.